The topological polar surface area (TPSA) is 67.6 Å². The second kappa shape index (κ2) is 2.87. The molecule has 0 bridgehead atoms. The standard InChI is InChI=1S/C9H18N4/c1-9-4-7(9)5-13(6-9)3-2-12-8(10)11/h7H,2-6H2,1H3,(H4,10,11,12). The van der Waals surface area contributed by atoms with Crippen LogP contribution in [-0.4, -0.2) is 37.0 Å². The Morgan fingerprint density at radius 1 is 1.62 bits per heavy atom. The van der Waals surface area contributed by atoms with Gasteiger partial charge in [-0.15, -0.1) is 0 Å². The Kier molecular flexibility index (Phi) is 1.95. The summed E-state index contributed by atoms with van der Waals surface area (Å²) in [6.07, 6.45) is 1.42. The van der Waals surface area contributed by atoms with Crippen molar-refractivity contribution in [3.63, 3.8) is 0 Å². The minimum atomic E-state index is 0.204. The second-order valence-electron chi connectivity index (χ2n) is 4.60. The fourth-order valence-corrected chi connectivity index (χ4v) is 2.36. The summed E-state index contributed by atoms with van der Waals surface area (Å²) < 4.78 is 0. The highest BCUT2D eigenvalue weighted by Crippen LogP contribution is 2.56. The maximum absolute atomic E-state index is 5.25. The maximum Gasteiger partial charge on any atom is 0.185 e. The van der Waals surface area contributed by atoms with Crippen LogP contribution in [0.15, 0.2) is 4.99 Å². The molecule has 0 radical (unpaired) electrons. The zero-order chi connectivity index (χ0) is 9.47. The molecular weight excluding hydrogens is 164 g/mol. The molecule has 0 spiro atoms. The predicted molar refractivity (Wildman–Crippen MR) is 53.3 cm³/mol. The van der Waals surface area contributed by atoms with Gasteiger partial charge in [0, 0.05) is 19.6 Å². The van der Waals surface area contributed by atoms with Gasteiger partial charge >= 0.3 is 0 Å². The molecule has 2 unspecified atom stereocenters. The molecule has 1 aliphatic heterocycles. The minimum absolute atomic E-state index is 0.204. The van der Waals surface area contributed by atoms with E-state index in [9.17, 15) is 0 Å². The summed E-state index contributed by atoms with van der Waals surface area (Å²) in [4.78, 5) is 6.44. The highest BCUT2D eigenvalue weighted by atomic mass is 15.2. The number of piperidine rings is 1. The smallest absolute Gasteiger partial charge is 0.185 e. The van der Waals surface area contributed by atoms with E-state index in [0.717, 1.165) is 19.0 Å². The molecule has 0 amide bonds. The first-order valence-corrected chi connectivity index (χ1v) is 4.88. The van der Waals surface area contributed by atoms with E-state index in [4.69, 9.17) is 11.5 Å². The third kappa shape index (κ3) is 1.77. The van der Waals surface area contributed by atoms with Gasteiger partial charge in [-0.05, 0) is 17.8 Å². The molecule has 2 rings (SSSR count). The molecular formula is C9H18N4. The summed E-state index contributed by atoms with van der Waals surface area (Å²) >= 11 is 0. The molecule has 13 heavy (non-hydrogen) atoms. The molecule has 1 heterocycles. The van der Waals surface area contributed by atoms with Gasteiger partial charge in [0.15, 0.2) is 5.96 Å². The fourth-order valence-electron chi connectivity index (χ4n) is 2.36. The van der Waals surface area contributed by atoms with E-state index in [1.165, 1.54) is 19.5 Å². The number of nitrogens with zero attached hydrogens (tertiary/aromatic N) is 2. The zero-order valence-corrected chi connectivity index (χ0v) is 8.16. The first-order chi connectivity index (χ1) is 6.10. The van der Waals surface area contributed by atoms with Crippen molar-refractivity contribution in [3.8, 4) is 0 Å². The predicted octanol–water partition coefficient (Wildman–Crippen LogP) is -0.398. The quantitative estimate of drug-likeness (QED) is 0.461. The van der Waals surface area contributed by atoms with Crippen LogP contribution < -0.4 is 11.5 Å². The summed E-state index contributed by atoms with van der Waals surface area (Å²) in [6.45, 7) is 6.60. The van der Waals surface area contributed by atoms with E-state index in [-0.39, 0.29) is 5.96 Å². The summed E-state index contributed by atoms with van der Waals surface area (Å²) in [5.74, 6) is 1.15. The van der Waals surface area contributed by atoms with E-state index in [1.54, 1.807) is 0 Å². The molecule has 4 heteroatoms. The molecule has 74 valence electrons. The van der Waals surface area contributed by atoms with E-state index in [0.29, 0.717) is 5.41 Å². The molecule has 1 saturated carbocycles. The van der Waals surface area contributed by atoms with Crippen molar-refractivity contribution in [1.82, 2.24) is 4.90 Å². The van der Waals surface area contributed by atoms with Gasteiger partial charge in [-0.1, -0.05) is 6.92 Å². The lowest BCUT2D eigenvalue weighted by Crippen LogP contribution is -2.29. The zero-order valence-electron chi connectivity index (χ0n) is 8.16. The van der Waals surface area contributed by atoms with Gasteiger partial charge in [-0.3, -0.25) is 4.99 Å². The van der Waals surface area contributed by atoms with Gasteiger partial charge in [0.1, 0.15) is 0 Å². The molecule has 2 atom stereocenters. The van der Waals surface area contributed by atoms with Crippen LogP contribution in [0.4, 0.5) is 0 Å². The number of rotatable bonds is 3. The summed E-state index contributed by atoms with van der Waals surface area (Å²) in [5.41, 5.74) is 11.1. The number of likely N-dealkylation sites (tertiary alicyclic amines) is 1. The Balaban J connectivity index is 1.71. The Hall–Kier alpha value is -0.770. The van der Waals surface area contributed by atoms with Gasteiger partial charge in [0.05, 0.1) is 6.54 Å². The van der Waals surface area contributed by atoms with E-state index in [2.05, 4.69) is 16.8 Å². The lowest BCUT2D eigenvalue weighted by molar-refractivity contribution is 0.294. The lowest BCUT2D eigenvalue weighted by atomic mass is 10.1. The second-order valence-corrected chi connectivity index (χ2v) is 4.60. The first kappa shape index (κ1) is 8.81. The van der Waals surface area contributed by atoms with Crippen LogP contribution in [-0.2, 0) is 0 Å². The van der Waals surface area contributed by atoms with Crippen molar-refractivity contribution in [2.24, 2.45) is 27.8 Å². The van der Waals surface area contributed by atoms with Crippen LogP contribution in [0.2, 0.25) is 0 Å². The molecule has 4 nitrogen and oxygen atoms in total. The van der Waals surface area contributed by atoms with Crippen LogP contribution in [0, 0.1) is 11.3 Å². The molecule has 1 aliphatic carbocycles. The first-order valence-electron chi connectivity index (χ1n) is 4.88. The monoisotopic (exact) mass is 182 g/mol. The third-order valence-corrected chi connectivity index (χ3v) is 3.31. The van der Waals surface area contributed by atoms with Gasteiger partial charge in [0.25, 0.3) is 0 Å². The Morgan fingerprint density at radius 2 is 2.38 bits per heavy atom. The summed E-state index contributed by atoms with van der Waals surface area (Å²) in [6, 6.07) is 0. The van der Waals surface area contributed by atoms with Crippen molar-refractivity contribution >= 4 is 5.96 Å². The Labute approximate surface area is 79.0 Å². The van der Waals surface area contributed by atoms with E-state index < -0.39 is 0 Å². The van der Waals surface area contributed by atoms with E-state index >= 15 is 0 Å². The summed E-state index contributed by atoms with van der Waals surface area (Å²) in [7, 11) is 0. The fraction of sp³-hybridized carbons (Fsp3) is 0.889. The number of fused-ring (bicyclic) bond motifs is 1. The normalized spacial score (nSPS) is 37.2. The van der Waals surface area contributed by atoms with Gasteiger partial charge < -0.3 is 16.4 Å². The van der Waals surface area contributed by atoms with Crippen molar-refractivity contribution in [3.05, 3.63) is 0 Å². The molecule has 2 aliphatic rings. The van der Waals surface area contributed by atoms with Crippen molar-refractivity contribution < 1.29 is 0 Å². The number of aliphatic imine (C=N–C) groups is 1. The SMILES string of the molecule is CC12CC1CN(CCN=C(N)N)C2. The van der Waals surface area contributed by atoms with Gasteiger partial charge in [-0.25, -0.2) is 0 Å². The molecule has 0 aromatic carbocycles. The van der Waals surface area contributed by atoms with Crippen molar-refractivity contribution in [2.75, 3.05) is 26.2 Å². The van der Waals surface area contributed by atoms with Crippen LogP contribution >= 0.6 is 0 Å². The van der Waals surface area contributed by atoms with Crippen LogP contribution in [0.1, 0.15) is 13.3 Å². The van der Waals surface area contributed by atoms with Crippen molar-refractivity contribution in [2.45, 2.75) is 13.3 Å². The minimum Gasteiger partial charge on any atom is -0.370 e. The summed E-state index contributed by atoms with van der Waals surface area (Å²) in [5, 5.41) is 0. The average molecular weight is 182 g/mol. The number of guanidine groups is 1. The number of hydrogen-bond acceptors (Lipinski definition) is 2. The largest absolute Gasteiger partial charge is 0.370 e. The van der Waals surface area contributed by atoms with Crippen molar-refractivity contribution in [1.29, 1.82) is 0 Å². The molecule has 4 N–H and O–H groups in total. The van der Waals surface area contributed by atoms with Crippen LogP contribution in [0.5, 0.6) is 0 Å². The highest BCUT2D eigenvalue weighted by Gasteiger charge is 2.55. The molecule has 0 aromatic rings. The van der Waals surface area contributed by atoms with E-state index in [1.807, 2.05) is 0 Å². The molecule has 0 aromatic heterocycles. The van der Waals surface area contributed by atoms with Gasteiger partial charge in [-0.2, -0.15) is 0 Å². The molecule has 1 saturated heterocycles. The Bertz CT molecular complexity index is 234. The lowest BCUT2D eigenvalue weighted by Gasteiger charge is -2.17. The van der Waals surface area contributed by atoms with Gasteiger partial charge in [0.2, 0.25) is 0 Å². The van der Waals surface area contributed by atoms with Crippen LogP contribution in [0.3, 0.4) is 0 Å². The number of hydrogen-bond donors (Lipinski definition) is 2. The molecule has 2 fully saturated rings. The highest BCUT2D eigenvalue weighted by molar-refractivity contribution is 5.75. The average Bonchev–Trinajstić information content (AvgIpc) is 2.50. The maximum atomic E-state index is 5.25. The van der Waals surface area contributed by atoms with Crippen LogP contribution in [0.25, 0.3) is 0 Å². The third-order valence-electron chi connectivity index (χ3n) is 3.31. The number of nitrogens with two attached hydrogens (primary N) is 2. The Morgan fingerprint density at radius 3 is 2.92 bits per heavy atom.